The molecule has 0 radical (unpaired) electrons. The Balaban J connectivity index is 0.00000220. The molecule has 0 aliphatic carbocycles. The van der Waals surface area contributed by atoms with E-state index in [0.717, 1.165) is 24.3 Å². The number of rotatable bonds is 5. The molecule has 21 heavy (non-hydrogen) atoms. The van der Waals surface area contributed by atoms with Gasteiger partial charge in [0.05, 0.1) is 0 Å². The molecular formula is C15H22ClN3O2. The Kier molecular flexibility index (Phi) is 6.65. The molecule has 0 saturated carbocycles. The Labute approximate surface area is 131 Å². The summed E-state index contributed by atoms with van der Waals surface area (Å²) in [5.41, 5.74) is 7.20. The number of carbonyl (C=O) groups is 2. The maximum absolute atomic E-state index is 11.8. The molecule has 1 saturated heterocycles. The summed E-state index contributed by atoms with van der Waals surface area (Å²) in [6.07, 6.45) is 2.56. The molecule has 1 atom stereocenters. The summed E-state index contributed by atoms with van der Waals surface area (Å²) in [4.78, 5) is 25.2. The first-order chi connectivity index (χ1) is 9.56. The predicted octanol–water partition coefficient (Wildman–Crippen LogP) is 2.30. The van der Waals surface area contributed by atoms with Gasteiger partial charge in [0, 0.05) is 36.8 Å². The van der Waals surface area contributed by atoms with Gasteiger partial charge in [-0.05, 0) is 38.0 Å². The fourth-order valence-corrected chi connectivity index (χ4v) is 2.25. The first-order valence-electron chi connectivity index (χ1n) is 7.02. The van der Waals surface area contributed by atoms with Crippen LogP contribution in [0.2, 0.25) is 0 Å². The van der Waals surface area contributed by atoms with E-state index in [-0.39, 0.29) is 30.3 Å². The van der Waals surface area contributed by atoms with Crippen LogP contribution in [0.1, 0.15) is 32.6 Å². The molecule has 1 fully saturated rings. The van der Waals surface area contributed by atoms with Crippen molar-refractivity contribution in [3.05, 3.63) is 24.3 Å². The molecule has 5 nitrogen and oxygen atoms in total. The lowest BCUT2D eigenvalue weighted by molar-refractivity contribution is -0.117. The van der Waals surface area contributed by atoms with Crippen molar-refractivity contribution in [2.75, 3.05) is 16.8 Å². The molecule has 1 aliphatic heterocycles. The van der Waals surface area contributed by atoms with Gasteiger partial charge >= 0.3 is 0 Å². The van der Waals surface area contributed by atoms with Crippen molar-refractivity contribution < 1.29 is 9.59 Å². The van der Waals surface area contributed by atoms with Crippen LogP contribution < -0.4 is 16.0 Å². The van der Waals surface area contributed by atoms with Gasteiger partial charge in [-0.15, -0.1) is 12.4 Å². The molecule has 116 valence electrons. The van der Waals surface area contributed by atoms with Crippen LogP contribution in [0.5, 0.6) is 0 Å². The van der Waals surface area contributed by atoms with Crippen molar-refractivity contribution in [1.29, 1.82) is 0 Å². The van der Waals surface area contributed by atoms with Crippen LogP contribution in [0.3, 0.4) is 0 Å². The van der Waals surface area contributed by atoms with Gasteiger partial charge in [-0.25, -0.2) is 0 Å². The van der Waals surface area contributed by atoms with Gasteiger partial charge < -0.3 is 16.0 Å². The van der Waals surface area contributed by atoms with Crippen molar-refractivity contribution in [3.8, 4) is 0 Å². The molecule has 1 aliphatic rings. The molecule has 0 spiro atoms. The average molecular weight is 312 g/mol. The second-order valence-electron chi connectivity index (χ2n) is 5.26. The fraction of sp³-hybridized carbons (Fsp3) is 0.467. The predicted molar refractivity (Wildman–Crippen MR) is 86.8 cm³/mol. The monoisotopic (exact) mass is 311 g/mol. The molecule has 3 N–H and O–H groups in total. The summed E-state index contributed by atoms with van der Waals surface area (Å²) in [6.45, 7) is 2.63. The van der Waals surface area contributed by atoms with Crippen molar-refractivity contribution in [3.63, 3.8) is 0 Å². The summed E-state index contributed by atoms with van der Waals surface area (Å²) >= 11 is 0. The highest BCUT2D eigenvalue weighted by Crippen LogP contribution is 2.24. The van der Waals surface area contributed by atoms with Gasteiger partial charge in [0.1, 0.15) is 0 Å². The van der Waals surface area contributed by atoms with Gasteiger partial charge in [-0.1, -0.05) is 6.07 Å². The van der Waals surface area contributed by atoms with Crippen LogP contribution in [-0.2, 0) is 9.59 Å². The minimum absolute atomic E-state index is 0. The Morgan fingerprint density at radius 1 is 1.48 bits per heavy atom. The van der Waals surface area contributed by atoms with E-state index in [1.165, 1.54) is 0 Å². The number of nitrogens with zero attached hydrogens (tertiary/aromatic N) is 1. The van der Waals surface area contributed by atoms with Crippen LogP contribution in [0.15, 0.2) is 24.3 Å². The standard InChI is InChI=1S/C15H21N3O2.ClH/c1-11(16)7-8-14(19)17-12-4-2-5-13(10-12)18-9-3-6-15(18)20;/h2,4-5,10-11H,3,6-9,16H2,1H3,(H,17,19);1H. The van der Waals surface area contributed by atoms with E-state index in [9.17, 15) is 9.59 Å². The number of anilines is 2. The SMILES string of the molecule is CC(N)CCC(=O)Nc1cccc(N2CCCC2=O)c1.Cl. The lowest BCUT2D eigenvalue weighted by Gasteiger charge is -2.16. The lowest BCUT2D eigenvalue weighted by atomic mass is 10.2. The van der Waals surface area contributed by atoms with E-state index in [0.29, 0.717) is 19.3 Å². The Hall–Kier alpha value is -1.59. The summed E-state index contributed by atoms with van der Waals surface area (Å²) in [7, 11) is 0. The van der Waals surface area contributed by atoms with E-state index < -0.39 is 0 Å². The van der Waals surface area contributed by atoms with Gasteiger partial charge in [0.2, 0.25) is 11.8 Å². The highest BCUT2D eigenvalue weighted by atomic mass is 35.5. The molecule has 1 heterocycles. The first kappa shape index (κ1) is 17.5. The largest absolute Gasteiger partial charge is 0.328 e. The zero-order valence-corrected chi connectivity index (χ0v) is 13.0. The highest BCUT2D eigenvalue weighted by Gasteiger charge is 2.21. The molecule has 1 aromatic carbocycles. The van der Waals surface area contributed by atoms with Gasteiger partial charge in [-0.2, -0.15) is 0 Å². The Bertz CT molecular complexity index is 505. The maximum atomic E-state index is 11.8. The second kappa shape index (κ2) is 8.00. The molecule has 2 amide bonds. The Morgan fingerprint density at radius 2 is 2.24 bits per heavy atom. The van der Waals surface area contributed by atoms with E-state index in [4.69, 9.17) is 5.73 Å². The molecule has 1 unspecified atom stereocenters. The Morgan fingerprint density at radius 3 is 2.86 bits per heavy atom. The molecule has 0 bridgehead atoms. The zero-order valence-electron chi connectivity index (χ0n) is 12.2. The third-order valence-corrected chi connectivity index (χ3v) is 3.34. The maximum Gasteiger partial charge on any atom is 0.227 e. The van der Waals surface area contributed by atoms with Crippen LogP contribution in [0, 0.1) is 0 Å². The number of nitrogens with two attached hydrogens (primary N) is 1. The number of halogens is 1. The molecule has 6 heteroatoms. The van der Waals surface area contributed by atoms with Crippen LogP contribution in [0.25, 0.3) is 0 Å². The van der Waals surface area contributed by atoms with Crippen LogP contribution in [0.4, 0.5) is 11.4 Å². The minimum Gasteiger partial charge on any atom is -0.328 e. The molecule has 0 aromatic heterocycles. The highest BCUT2D eigenvalue weighted by molar-refractivity contribution is 5.97. The summed E-state index contributed by atoms with van der Waals surface area (Å²) in [5.74, 6) is 0.0950. The normalized spacial score (nSPS) is 15.5. The third-order valence-electron chi connectivity index (χ3n) is 3.34. The smallest absolute Gasteiger partial charge is 0.227 e. The van der Waals surface area contributed by atoms with Crippen molar-refractivity contribution in [2.24, 2.45) is 5.73 Å². The number of benzene rings is 1. The fourth-order valence-electron chi connectivity index (χ4n) is 2.25. The number of carbonyl (C=O) groups excluding carboxylic acids is 2. The summed E-state index contributed by atoms with van der Waals surface area (Å²) in [6, 6.07) is 7.43. The second-order valence-corrected chi connectivity index (χ2v) is 5.26. The third kappa shape index (κ3) is 5.02. The minimum atomic E-state index is -0.0489. The van der Waals surface area contributed by atoms with Crippen molar-refractivity contribution >= 4 is 35.6 Å². The van der Waals surface area contributed by atoms with E-state index in [1.54, 1.807) is 4.90 Å². The van der Waals surface area contributed by atoms with Crippen LogP contribution >= 0.6 is 12.4 Å². The summed E-state index contributed by atoms with van der Waals surface area (Å²) in [5, 5.41) is 2.84. The molecule has 2 rings (SSSR count). The van der Waals surface area contributed by atoms with E-state index >= 15 is 0 Å². The first-order valence-corrected chi connectivity index (χ1v) is 7.02. The average Bonchev–Trinajstić information content (AvgIpc) is 2.83. The van der Waals surface area contributed by atoms with Gasteiger partial charge in [-0.3, -0.25) is 9.59 Å². The van der Waals surface area contributed by atoms with Crippen LogP contribution in [-0.4, -0.2) is 24.4 Å². The molecular weight excluding hydrogens is 290 g/mol. The van der Waals surface area contributed by atoms with Gasteiger partial charge in [0.15, 0.2) is 0 Å². The number of nitrogens with one attached hydrogen (secondary N) is 1. The quantitative estimate of drug-likeness (QED) is 0.876. The van der Waals surface area contributed by atoms with E-state index in [2.05, 4.69) is 5.32 Å². The summed E-state index contributed by atoms with van der Waals surface area (Å²) < 4.78 is 0. The number of amides is 2. The van der Waals surface area contributed by atoms with Crippen molar-refractivity contribution in [2.45, 2.75) is 38.6 Å². The lowest BCUT2D eigenvalue weighted by Crippen LogP contribution is -2.24. The molecule has 1 aromatic rings. The number of hydrogen-bond acceptors (Lipinski definition) is 3. The zero-order chi connectivity index (χ0) is 14.5. The number of hydrogen-bond donors (Lipinski definition) is 2. The van der Waals surface area contributed by atoms with Gasteiger partial charge in [0.25, 0.3) is 0 Å². The topological polar surface area (TPSA) is 75.4 Å². The van der Waals surface area contributed by atoms with E-state index in [1.807, 2.05) is 31.2 Å². The van der Waals surface area contributed by atoms with Crippen molar-refractivity contribution in [1.82, 2.24) is 0 Å².